The van der Waals surface area contributed by atoms with Crippen molar-refractivity contribution in [3.8, 4) is 5.75 Å². The minimum atomic E-state index is 0.0491. The third kappa shape index (κ3) is 4.39. The third-order valence-corrected chi connectivity index (χ3v) is 3.87. The van der Waals surface area contributed by atoms with Crippen molar-refractivity contribution in [3.05, 3.63) is 62.6 Å². The molecule has 25 heavy (non-hydrogen) atoms. The van der Waals surface area contributed by atoms with Crippen LogP contribution in [0, 0.1) is 0 Å². The monoisotopic (exact) mass is 396 g/mol. The molecule has 0 bridgehead atoms. The minimum Gasteiger partial charge on any atom is -0.487 e. The van der Waals surface area contributed by atoms with Crippen molar-refractivity contribution in [2.75, 3.05) is 5.73 Å². The van der Waals surface area contributed by atoms with Crippen LogP contribution in [0.3, 0.4) is 0 Å². The van der Waals surface area contributed by atoms with Gasteiger partial charge in [0.2, 0.25) is 0 Å². The highest BCUT2D eigenvalue weighted by molar-refractivity contribution is 6.36. The fraction of sp³-hybridized carbons (Fsp3) is 0.0667. The molecular weight excluding hydrogens is 387 g/mol. The van der Waals surface area contributed by atoms with Gasteiger partial charge in [-0.3, -0.25) is 0 Å². The van der Waals surface area contributed by atoms with E-state index in [1.807, 2.05) is 12.1 Å². The zero-order chi connectivity index (χ0) is 17.8. The zero-order valence-electron chi connectivity index (χ0n) is 12.6. The van der Waals surface area contributed by atoms with Crippen molar-refractivity contribution in [2.24, 2.45) is 5.10 Å². The van der Waals surface area contributed by atoms with Gasteiger partial charge in [0.1, 0.15) is 12.4 Å². The molecule has 0 spiro atoms. The molecule has 0 atom stereocenters. The molecule has 128 valence electrons. The van der Waals surface area contributed by atoms with Gasteiger partial charge in [-0.05, 0) is 40.3 Å². The Morgan fingerprint density at radius 3 is 2.56 bits per heavy atom. The molecule has 1 aromatic heterocycles. The van der Waals surface area contributed by atoms with E-state index >= 15 is 0 Å². The molecule has 10 heteroatoms. The number of tetrazole rings is 1. The van der Waals surface area contributed by atoms with Crippen LogP contribution in [0.5, 0.6) is 5.75 Å². The van der Waals surface area contributed by atoms with Crippen LogP contribution in [0.1, 0.15) is 11.1 Å². The molecule has 7 nitrogen and oxygen atoms in total. The van der Waals surface area contributed by atoms with E-state index in [4.69, 9.17) is 45.3 Å². The maximum Gasteiger partial charge on any atom is 0.263 e. The van der Waals surface area contributed by atoms with Crippen LogP contribution in [0.2, 0.25) is 15.1 Å². The van der Waals surface area contributed by atoms with Crippen molar-refractivity contribution in [1.82, 2.24) is 20.3 Å². The van der Waals surface area contributed by atoms with Gasteiger partial charge in [0.25, 0.3) is 5.95 Å². The number of hydrogen-bond donors (Lipinski definition) is 1. The van der Waals surface area contributed by atoms with E-state index in [-0.39, 0.29) is 5.95 Å². The Labute approximate surface area is 157 Å². The van der Waals surface area contributed by atoms with Crippen molar-refractivity contribution >= 4 is 47.0 Å². The van der Waals surface area contributed by atoms with E-state index < -0.39 is 0 Å². The summed E-state index contributed by atoms with van der Waals surface area (Å²) in [6.07, 6.45) is 1.46. The molecule has 0 amide bonds. The lowest BCUT2D eigenvalue weighted by molar-refractivity contribution is 0.306. The first-order valence-corrected chi connectivity index (χ1v) is 8.11. The van der Waals surface area contributed by atoms with Crippen molar-refractivity contribution < 1.29 is 4.74 Å². The summed E-state index contributed by atoms with van der Waals surface area (Å²) in [5.74, 6) is 0.476. The summed E-state index contributed by atoms with van der Waals surface area (Å²) < 4.78 is 5.83. The molecule has 0 unspecified atom stereocenters. The fourth-order valence-corrected chi connectivity index (χ4v) is 2.64. The van der Waals surface area contributed by atoms with Crippen LogP contribution < -0.4 is 10.5 Å². The summed E-state index contributed by atoms with van der Waals surface area (Å²) in [7, 11) is 0. The number of nitrogen functional groups attached to an aromatic ring is 1. The van der Waals surface area contributed by atoms with Crippen LogP contribution in [-0.2, 0) is 6.61 Å². The third-order valence-electron chi connectivity index (χ3n) is 3.12. The van der Waals surface area contributed by atoms with Crippen LogP contribution >= 0.6 is 34.8 Å². The first-order chi connectivity index (χ1) is 12.0. The largest absolute Gasteiger partial charge is 0.487 e. The molecule has 0 saturated heterocycles. The lowest BCUT2D eigenvalue weighted by Gasteiger charge is -2.11. The number of ether oxygens (including phenoxy) is 1. The Morgan fingerprint density at radius 2 is 1.88 bits per heavy atom. The smallest absolute Gasteiger partial charge is 0.263 e. The number of rotatable bonds is 5. The van der Waals surface area contributed by atoms with E-state index in [2.05, 4.69) is 20.6 Å². The Morgan fingerprint density at radius 1 is 1.12 bits per heavy atom. The second kappa shape index (κ2) is 7.69. The van der Waals surface area contributed by atoms with Gasteiger partial charge >= 0.3 is 0 Å². The van der Waals surface area contributed by atoms with Crippen LogP contribution in [0.15, 0.2) is 41.5 Å². The maximum absolute atomic E-state index is 6.25. The summed E-state index contributed by atoms with van der Waals surface area (Å²) >= 11 is 18.2. The predicted molar refractivity (Wildman–Crippen MR) is 97.5 cm³/mol. The molecule has 3 rings (SSSR count). The van der Waals surface area contributed by atoms with E-state index in [9.17, 15) is 0 Å². The first kappa shape index (κ1) is 17.5. The van der Waals surface area contributed by atoms with E-state index in [0.29, 0.717) is 33.0 Å². The van der Waals surface area contributed by atoms with Gasteiger partial charge < -0.3 is 10.5 Å². The quantitative estimate of drug-likeness (QED) is 0.663. The predicted octanol–water partition coefficient (Wildman–Crippen LogP) is 3.68. The highest BCUT2D eigenvalue weighted by Crippen LogP contribution is 2.32. The molecule has 2 aromatic carbocycles. The topological polar surface area (TPSA) is 91.2 Å². The van der Waals surface area contributed by atoms with Crippen molar-refractivity contribution in [2.45, 2.75) is 6.61 Å². The summed E-state index contributed by atoms with van der Waals surface area (Å²) in [4.78, 5) is 1.07. The normalized spacial score (nSPS) is 11.2. The molecule has 3 aromatic rings. The van der Waals surface area contributed by atoms with Gasteiger partial charge in [0.05, 0.1) is 11.2 Å². The molecule has 0 fully saturated rings. The SMILES string of the molecule is Nc1nnnn1N=Cc1cc(Cl)cc(Cl)c1OCc1ccc(Cl)cc1. The Bertz CT molecular complexity index is 910. The lowest BCUT2D eigenvalue weighted by atomic mass is 10.2. The second-order valence-corrected chi connectivity index (χ2v) is 6.17. The number of hydrogen-bond acceptors (Lipinski definition) is 6. The minimum absolute atomic E-state index is 0.0491. The van der Waals surface area contributed by atoms with E-state index in [1.165, 1.54) is 6.21 Å². The molecule has 0 saturated carbocycles. The second-order valence-electron chi connectivity index (χ2n) is 4.89. The van der Waals surface area contributed by atoms with Gasteiger partial charge in [0.15, 0.2) is 0 Å². The van der Waals surface area contributed by atoms with Crippen LogP contribution in [-0.4, -0.2) is 26.5 Å². The standard InChI is InChI=1S/C15H11Cl3N6O/c16-11-3-1-9(2-4-11)8-25-14-10(5-12(17)6-13(14)18)7-20-24-15(19)21-22-23-24/h1-7H,8H2,(H2,19,21,23). The highest BCUT2D eigenvalue weighted by Gasteiger charge is 2.11. The van der Waals surface area contributed by atoms with Gasteiger partial charge in [0, 0.05) is 15.6 Å². The molecule has 0 radical (unpaired) electrons. The molecular formula is C15H11Cl3N6O. The number of nitrogens with zero attached hydrogens (tertiary/aromatic N) is 5. The van der Waals surface area contributed by atoms with E-state index in [0.717, 1.165) is 10.4 Å². The summed E-state index contributed by atoms with van der Waals surface area (Å²) in [5, 5.41) is 16.1. The highest BCUT2D eigenvalue weighted by atomic mass is 35.5. The maximum atomic E-state index is 6.25. The van der Waals surface area contributed by atoms with Crippen LogP contribution in [0.4, 0.5) is 5.95 Å². The first-order valence-electron chi connectivity index (χ1n) is 6.97. The van der Waals surface area contributed by atoms with E-state index in [1.54, 1.807) is 24.3 Å². The Balaban J connectivity index is 1.86. The zero-order valence-corrected chi connectivity index (χ0v) is 14.9. The summed E-state index contributed by atoms with van der Waals surface area (Å²) in [6, 6.07) is 10.5. The number of benzene rings is 2. The average molecular weight is 398 g/mol. The summed E-state index contributed by atoms with van der Waals surface area (Å²) in [6.45, 7) is 0.298. The molecule has 1 heterocycles. The van der Waals surface area contributed by atoms with Gasteiger partial charge in [-0.15, -0.1) is 0 Å². The number of halogens is 3. The summed E-state index contributed by atoms with van der Waals surface area (Å²) in [5.41, 5.74) is 7.06. The number of aromatic nitrogens is 4. The molecule has 0 aliphatic carbocycles. The average Bonchev–Trinajstić information content (AvgIpc) is 2.98. The fourth-order valence-electron chi connectivity index (χ4n) is 1.95. The van der Waals surface area contributed by atoms with Crippen LogP contribution in [0.25, 0.3) is 0 Å². The Hall–Kier alpha value is -2.35. The number of anilines is 1. The molecule has 0 aliphatic rings. The van der Waals surface area contributed by atoms with Gasteiger partial charge in [-0.2, -0.15) is 5.10 Å². The lowest BCUT2D eigenvalue weighted by Crippen LogP contribution is -2.02. The molecule has 2 N–H and O–H groups in total. The van der Waals surface area contributed by atoms with Gasteiger partial charge in [-0.25, -0.2) is 0 Å². The molecule has 0 aliphatic heterocycles. The number of nitrogens with two attached hydrogens (primary N) is 1. The van der Waals surface area contributed by atoms with Crippen molar-refractivity contribution in [1.29, 1.82) is 0 Å². The van der Waals surface area contributed by atoms with Crippen molar-refractivity contribution in [3.63, 3.8) is 0 Å². The van der Waals surface area contributed by atoms with Gasteiger partial charge in [-0.1, -0.05) is 56.8 Å². The Kier molecular flexibility index (Phi) is 5.37.